The van der Waals surface area contributed by atoms with Crippen molar-refractivity contribution in [2.24, 2.45) is 0 Å². The minimum atomic E-state index is -4.09. The quantitative estimate of drug-likeness (QED) is 0.912. The maximum absolute atomic E-state index is 12.2. The molecular formula is C13H17NO5S. The predicted molar refractivity (Wildman–Crippen MR) is 72.7 cm³/mol. The molecule has 0 aliphatic carbocycles. The van der Waals surface area contributed by atoms with Crippen LogP contribution in [0.2, 0.25) is 0 Å². The lowest BCUT2D eigenvalue weighted by Crippen LogP contribution is -2.49. The Morgan fingerprint density at radius 3 is 2.55 bits per heavy atom. The molecule has 1 N–H and O–H groups in total. The second-order valence-electron chi connectivity index (χ2n) is 4.81. The largest absolute Gasteiger partial charge is 0.480 e. The van der Waals surface area contributed by atoms with E-state index in [-0.39, 0.29) is 12.3 Å². The van der Waals surface area contributed by atoms with E-state index >= 15 is 0 Å². The molecule has 1 fully saturated rings. The van der Waals surface area contributed by atoms with Crippen LogP contribution in [0.15, 0.2) is 24.3 Å². The summed E-state index contributed by atoms with van der Waals surface area (Å²) < 4.78 is 30.3. The lowest BCUT2D eigenvalue weighted by Gasteiger charge is -2.30. The average molecular weight is 299 g/mol. The van der Waals surface area contributed by atoms with Gasteiger partial charge in [0, 0.05) is 6.54 Å². The maximum Gasteiger partial charge on any atom is 0.385 e. The molecule has 0 saturated carbocycles. The van der Waals surface area contributed by atoms with E-state index in [1.54, 1.807) is 24.3 Å². The van der Waals surface area contributed by atoms with Gasteiger partial charge < -0.3 is 9.29 Å². The maximum atomic E-state index is 12.2. The van der Waals surface area contributed by atoms with Gasteiger partial charge in [0.1, 0.15) is 11.8 Å². The molecule has 1 aliphatic rings. The van der Waals surface area contributed by atoms with Gasteiger partial charge in [-0.15, -0.1) is 0 Å². The van der Waals surface area contributed by atoms with Crippen molar-refractivity contribution < 1.29 is 22.5 Å². The Morgan fingerprint density at radius 1 is 1.30 bits per heavy atom. The van der Waals surface area contributed by atoms with Gasteiger partial charge in [0.2, 0.25) is 0 Å². The van der Waals surface area contributed by atoms with E-state index in [2.05, 4.69) is 0 Å². The van der Waals surface area contributed by atoms with Gasteiger partial charge in [0.25, 0.3) is 0 Å². The van der Waals surface area contributed by atoms with Gasteiger partial charge in [-0.1, -0.05) is 17.7 Å². The van der Waals surface area contributed by atoms with Gasteiger partial charge in [-0.25, -0.2) is 0 Å². The van der Waals surface area contributed by atoms with Gasteiger partial charge in [-0.3, -0.25) is 4.79 Å². The van der Waals surface area contributed by atoms with Gasteiger partial charge in [0.15, 0.2) is 0 Å². The van der Waals surface area contributed by atoms with E-state index in [0.717, 1.165) is 9.87 Å². The molecule has 1 aliphatic heterocycles. The van der Waals surface area contributed by atoms with Crippen molar-refractivity contribution in [1.29, 1.82) is 0 Å². The van der Waals surface area contributed by atoms with E-state index in [1.165, 1.54) is 0 Å². The van der Waals surface area contributed by atoms with Gasteiger partial charge in [-0.05, 0) is 38.3 Å². The lowest BCUT2D eigenvalue weighted by atomic mass is 10.1. The molecule has 0 aromatic heterocycles. The fraction of sp³-hybridized carbons (Fsp3) is 0.462. The SMILES string of the molecule is Cc1ccc(OS(=O)(=O)N2CCCC[C@H]2C(=O)O)cc1. The number of aryl methyl sites for hydroxylation is 1. The Kier molecular flexibility index (Phi) is 4.29. The summed E-state index contributed by atoms with van der Waals surface area (Å²) in [4.78, 5) is 11.1. The van der Waals surface area contributed by atoms with Crippen LogP contribution in [0.25, 0.3) is 0 Å². The number of carboxylic acid groups (broad SMARTS) is 1. The number of nitrogens with zero attached hydrogens (tertiary/aromatic N) is 1. The molecule has 20 heavy (non-hydrogen) atoms. The number of rotatable bonds is 4. The molecule has 7 heteroatoms. The first-order valence-electron chi connectivity index (χ1n) is 6.41. The second-order valence-corrected chi connectivity index (χ2v) is 6.31. The standard InChI is InChI=1S/C13H17NO5S/c1-10-5-7-11(8-6-10)19-20(17,18)14-9-3-2-4-12(14)13(15)16/h5-8,12H,2-4,9H2,1H3,(H,15,16)/t12-/m0/s1. The molecule has 1 saturated heterocycles. The summed E-state index contributed by atoms with van der Waals surface area (Å²) in [5, 5.41) is 9.11. The predicted octanol–water partition coefficient (Wildman–Crippen LogP) is 1.56. The summed E-state index contributed by atoms with van der Waals surface area (Å²) >= 11 is 0. The number of carboxylic acids is 1. The summed E-state index contributed by atoms with van der Waals surface area (Å²) in [6.45, 7) is 2.05. The average Bonchev–Trinajstić information content (AvgIpc) is 2.41. The summed E-state index contributed by atoms with van der Waals surface area (Å²) in [6.07, 6.45) is 1.65. The summed E-state index contributed by atoms with van der Waals surface area (Å²) in [5.74, 6) is -0.953. The van der Waals surface area contributed by atoms with Crippen molar-refractivity contribution in [3.63, 3.8) is 0 Å². The molecule has 2 rings (SSSR count). The van der Waals surface area contributed by atoms with Crippen LogP contribution in [0, 0.1) is 6.92 Å². The van der Waals surface area contributed by atoms with E-state index in [9.17, 15) is 13.2 Å². The minimum absolute atomic E-state index is 0.172. The van der Waals surface area contributed by atoms with Crippen molar-refractivity contribution in [3.8, 4) is 5.75 Å². The third-order valence-electron chi connectivity index (χ3n) is 3.25. The molecule has 1 heterocycles. The number of benzene rings is 1. The summed E-state index contributed by atoms with van der Waals surface area (Å²) in [7, 11) is -4.09. The molecule has 0 spiro atoms. The van der Waals surface area contributed by atoms with Crippen LogP contribution in [-0.4, -0.2) is 36.4 Å². The molecule has 1 aromatic carbocycles. The highest BCUT2D eigenvalue weighted by atomic mass is 32.2. The molecule has 1 aromatic rings. The smallest absolute Gasteiger partial charge is 0.385 e. The van der Waals surface area contributed by atoms with E-state index in [0.29, 0.717) is 19.3 Å². The molecule has 1 atom stereocenters. The van der Waals surface area contributed by atoms with Crippen molar-refractivity contribution in [2.45, 2.75) is 32.2 Å². The first kappa shape index (κ1) is 14.8. The Labute approximate surface area is 118 Å². The number of piperidine rings is 1. The number of hydrogen-bond donors (Lipinski definition) is 1. The Bertz CT molecular complexity index is 581. The zero-order valence-electron chi connectivity index (χ0n) is 11.2. The highest BCUT2D eigenvalue weighted by molar-refractivity contribution is 7.84. The monoisotopic (exact) mass is 299 g/mol. The fourth-order valence-electron chi connectivity index (χ4n) is 2.18. The summed E-state index contributed by atoms with van der Waals surface area (Å²) in [6, 6.07) is 5.52. The Hall–Kier alpha value is -1.60. The van der Waals surface area contributed by atoms with Crippen LogP contribution >= 0.6 is 0 Å². The summed E-state index contributed by atoms with van der Waals surface area (Å²) in [5.41, 5.74) is 0.983. The first-order chi connectivity index (χ1) is 9.40. The normalized spacial score (nSPS) is 20.6. The lowest BCUT2D eigenvalue weighted by molar-refractivity contribution is -0.142. The highest BCUT2D eigenvalue weighted by Crippen LogP contribution is 2.23. The zero-order chi connectivity index (χ0) is 14.8. The van der Waals surface area contributed by atoms with Crippen LogP contribution in [0.3, 0.4) is 0 Å². The van der Waals surface area contributed by atoms with Gasteiger partial charge >= 0.3 is 16.3 Å². The van der Waals surface area contributed by atoms with Crippen molar-refractivity contribution in [3.05, 3.63) is 29.8 Å². The van der Waals surface area contributed by atoms with Crippen molar-refractivity contribution >= 4 is 16.3 Å². The molecule has 0 bridgehead atoms. The molecule has 0 radical (unpaired) electrons. The third kappa shape index (κ3) is 3.29. The molecule has 110 valence electrons. The van der Waals surface area contributed by atoms with Gasteiger partial charge in [0.05, 0.1) is 0 Å². The molecular weight excluding hydrogens is 282 g/mol. The number of aliphatic carboxylic acids is 1. The van der Waals surface area contributed by atoms with Crippen molar-refractivity contribution in [1.82, 2.24) is 4.31 Å². The molecule has 0 amide bonds. The van der Waals surface area contributed by atoms with Crippen LogP contribution in [0.1, 0.15) is 24.8 Å². The topological polar surface area (TPSA) is 83.9 Å². The number of carbonyl (C=O) groups is 1. The molecule has 0 unspecified atom stereocenters. The minimum Gasteiger partial charge on any atom is -0.480 e. The first-order valence-corrected chi connectivity index (χ1v) is 7.77. The number of hydrogen-bond acceptors (Lipinski definition) is 4. The Morgan fingerprint density at radius 2 is 1.95 bits per heavy atom. The Balaban J connectivity index is 2.20. The highest BCUT2D eigenvalue weighted by Gasteiger charge is 2.38. The third-order valence-corrected chi connectivity index (χ3v) is 4.66. The van der Waals surface area contributed by atoms with Crippen LogP contribution < -0.4 is 4.18 Å². The second kappa shape index (κ2) is 5.80. The van der Waals surface area contributed by atoms with E-state index < -0.39 is 22.3 Å². The van der Waals surface area contributed by atoms with Gasteiger partial charge in [-0.2, -0.15) is 12.7 Å². The van der Waals surface area contributed by atoms with Crippen molar-refractivity contribution in [2.75, 3.05) is 6.54 Å². The van der Waals surface area contributed by atoms with Crippen LogP contribution in [-0.2, 0) is 15.1 Å². The van der Waals surface area contributed by atoms with Crippen LogP contribution in [0.4, 0.5) is 0 Å². The van der Waals surface area contributed by atoms with E-state index in [1.807, 2.05) is 6.92 Å². The fourth-order valence-corrected chi connectivity index (χ4v) is 3.49. The van der Waals surface area contributed by atoms with Crippen LogP contribution in [0.5, 0.6) is 5.75 Å². The van der Waals surface area contributed by atoms with E-state index in [4.69, 9.17) is 9.29 Å². The zero-order valence-corrected chi connectivity index (χ0v) is 12.0. The molecule has 6 nitrogen and oxygen atoms in total.